The minimum Gasteiger partial charge on any atom is -0.340 e. The number of hydrogen-bond donors (Lipinski definition) is 2. The Balaban J connectivity index is 1.84. The van der Waals surface area contributed by atoms with E-state index in [9.17, 15) is 9.18 Å². The number of benzene rings is 2. The van der Waals surface area contributed by atoms with Crippen LogP contribution in [0.25, 0.3) is 11.3 Å². The van der Waals surface area contributed by atoms with E-state index in [0.29, 0.717) is 5.69 Å². The fourth-order valence-corrected chi connectivity index (χ4v) is 2.92. The third-order valence-corrected chi connectivity index (χ3v) is 4.12. The molecule has 2 heterocycles. The van der Waals surface area contributed by atoms with Gasteiger partial charge in [0, 0.05) is 11.1 Å². The minimum atomic E-state index is -0.326. The number of rotatable bonds is 2. The molecule has 3 aromatic rings. The summed E-state index contributed by atoms with van der Waals surface area (Å²) in [5.41, 5.74) is 4.95. The summed E-state index contributed by atoms with van der Waals surface area (Å²) in [6.45, 7) is 2.02. The van der Waals surface area contributed by atoms with Crippen LogP contribution in [0.2, 0.25) is 0 Å². The van der Waals surface area contributed by atoms with E-state index in [1.165, 1.54) is 12.1 Å². The highest BCUT2D eigenvalue weighted by Crippen LogP contribution is 2.36. The van der Waals surface area contributed by atoms with Crippen molar-refractivity contribution in [3.8, 4) is 11.3 Å². The Labute approximate surface area is 132 Å². The SMILES string of the molecule is Cc1ccc(-c2n[nH]c3c2[C@@H](c2ccc(F)cc2)NC3=O)cc1. The molecule has 1 amide bonds. The van der Waals surface area contributed by atoms with Crippen molar-refractivity contribution in [2.24, 2.45) is 0 Å². The van der Waals surface area contributed by atoms with Gasteiger partial charge in [-0.15, -0.1) is 0 Å². The molecular formula is C18H14FN3O. The first-order chi connectivity index (χ1) is 11.1. The second kappa shape index (κ2) is 5.05. The van der Waals surface area contributed by atoms with Crippen molar-refractivity contribution in [2.45, 2.75) is 13.0 Å². The summed E-state index contributed by atoms with van der Waals surface area (Å²) < 4.78 is 13.2. The van der Waals surface area contributed by atoms with Crippen LogP contribution in [-0.2, 0) is 0 Å². The molecule has 114 valence electrons. The average molecular weight is 307 g/mol. The molecule has 0 unspecified atom stereocenters. The number of fused-ring (bicyclic) bond motifs is 1. The van der Waals surface area contributed by atoms with Gasteiger partial charge in [-0.2, -0.15) is 5.10 Å². The summed E-state index contributed by atoms with van der Waals surface area (Å²) in [7, 11) is 0. The van der Waals surface area contributed by atoms with Crippen LogP contribution in [0.4, 0.5) is 4.39 Å². The molecule has 0 saturated heterocycles. The summed E-state index contributed by atoms with van der Waals surface area (Å²) in [4.78, 5) is 12.2. The van der Waals surface area contributed by atoms with Crippen LogP contribution in [0, 0.1) is 12.7 Å². The summed E-state index contributed by atoms with van der Waals surface area (Å²) in [6.07, 6.45) is 0. The first-order valence-electron chi connectivity index (χ1n) is 7.35. The highest BCUT2D eigenvalue weighted by atomic mass is 19.1. The van der Waals surface area contributed by atoms with Crippen LogP contribution in [0.15, 0.2) is 48.5 Å². The molecule has 5 heteroatoms. The minimum absolute atomic E-state index is 0.194. The van der Waals surface area contributed by atoms with E-state index in [4.69, 9.17) is 0 Å². The molecule has 4 nitrogen and oxygen atoms in total. The van der Waals surface area contributed by atoms with Gasteiger partial charge >= 0.3 is 0 Å². The van der Waals surface area contributed by atoms with Crippen molar-refractivity contribution in [3.63, 3.8) is 0 Å². The monoisotopic (exact) mass is 307 g/mol. The number of nitrogens with one attached hydrogen (secondary N) is 2. The third kappa shape index (κ3) is 2.21. The smallest absolute Gasteiger partial charge is 0.270 e. The first-order valence-corrected chi connectivity index (χ1v) is 7.35. The number of carbonyl (C=O) groups excluding carboxylic acids is 1. The number of H-pyrrole nitrogens is 1. The van der Waals surface area contributed by atoms with E-state index in [1.54, 1.807) is 12.1 Å². The number of aryl methyl sites for hydroxylation is 1. The van der Waals surface area contributed by atoms with E-state index >= 15 is 0 Å². The van der Waals surface area contributed by atoms with Gasteiger partial charge in [-0.25, -0.2) is 4.39 Å². The molecule has 1 aliphatic rings. The van der Waals surface area contributed by atoms with Crippen molar-refractivity contribution in [2.75, 3.05) is 0 Å². The highest BCUT2D eigenvalue weighted by molar-refractivity contribution is 6.00. The molecule has 2 aromatic carbocycles. The normalized spacial score (nSPS) is 16.3. The van der Waals surface area contributed by atoms with E-state index in [-0.39, 0.29) is 17.8 Å². The lowest BCUT2D eigenvalue weighted by molar-refractivity contribution is 0.0955. The van der Waals surface area contributed by atoms with E-state index in [1.807, 2.05) is 31.2 Å². The molecule has 1 aliphatic heterocycles. The topological polar surface area (TPSA) is 57.8 Å². The first kappa shape index (κ1) is 13.7. The van der Waals surface area contributed by atoms with Crippen LogP contribution in [0.1, 0.15) is 33.2 Å². The van der Waals surface area contributed by atoms with Gasteiger partial charge in [0.15, 0.2) is 0 Å². The molecule has 1 aromatic heterocycles. The maximum Gasteiger partial charge on any atom is 0.270 e. The van der Waals surface area contributed by atoms with Gasteiger partial charge in [-0.3, -0.25) is 9.89 Å². The van der Waals surface area contributed by atoms with E-state index < -0.39 is 0 Å². The van der Waals surface area contributed by atoms with Crippen molar-refractivity contribution in [1.29, 1.82) is 0 Å². The van der Waals surface area contributed by atoms with Crippen LogP contribution >= 0.6 is 0 Å². The fraction of sp³-hybridized carbons (Fsp3) is 0.111. The Hall–Kier alpha value is -2.95. The Kier molecular flexibility index (Phi) is 3.01. The molecule has 23 heavy (non-hydrogen) atoms. The van der Waals surface area contributed by atoms with Gasteiger partial charge in [0.1, 0.15) is 11.5 Å². The van der Waals surface area contributed by atoms with Gasteiger partial charge in [0.05, 0.1) is 11.7 Å². The summed E-state index contributed by atoms with van der Waals surface area (Å²) >= 11 is 0. The molecule has 0 saturated carbocycles. The van der Waals surface area contributed by atoms with Crippen molar-refractivity contribution < 1.29 is 9.18 Å². The quantitative estimate of drug-likeness (QED) is 0.763. The molecule has 4 rings (SSSR count). The molecular weight excluding hydrogens is 293 g/mol. The number of aromatic amines is 1. The van der Waals surface area contributed by atoms with Crippen molar-refractivity contribution in [3.05, 3.63) is 76.7 Å². The number of amides is 1. The van der Waals surface area contributed by atoms with Gasteiger partial charge in [0.2, 0.25) is 0 Å². The van der Waals surface area contributed by atoms with Crippen LogP contribution in [0.5, 0.6) is 0 Å². The zero-order valence-corrected chi connectivity index (χ0v) is 12.4. The third-order valence-electron chi connectivity index (χ3n) is 4.12. The van der Waals surface area contributed by atoms with Crippen molar-refractivity contribution >= 4 is 5.91 Å². The van der Waals surface area contributed by atoms with Crippen molar-refractivity contribution in [1.82, 2.24) is 15.5 Å². The zero-order valence-electron chi connectivity index (χ0n) is 12.4. The van der Waals surface area contributed by atoms with Gasteiger partial charge in [-0.1, -0.05) is 42.0 Å². The lowest BCUT2D eigenvalue weighted by Gasteiger charge is -2.13. The predicted octanol–water partition coefficient (Wildman–Crippen LogP) is 3.36. The summed E-state index contributed by atoms with van der Waals surface area (Å²) in [5, 5.41) is 10.1. The highest BCUT2D eigenvalue weighted by Gasteiger charge is 2.35. The Morgan fingerprint density at radius 3 is 2.43 bits per heavy atom. The molecule has 2 N–H and O–H groups in total. The van der Waals surface area contributed by atoms with Crippen LogP contribution < -0.4 is 5.32 Å². The number of aromatic nitrogens is 2. The van der Waals surface area contributed by atoms with Gasteiger partial charge in [0.25, 0.3) is 5.91 Å². The van der Waals surface area contributed by atoms with Crippen LogP contribution in [0.3, 0.4) is 0 Å². The fourth-order valence-electron chi connectivity index (χ4n) is 2.92. The van der Waals surface area contributed by atoms with E-state index in [2.05, 4.69) is 15.5 Å². The Bertz CT molecular complexity index is 882. The van der Waals surface area contributed by atoms with E-state index in [0.717, 1.165) is 27.9 Å². The maximum atomic E-state index is 13.2. The second-order valence-corrected chi connectivity index (χ2v) is 5.68. The summed E-state index contributed by atoms with van der Waals surface area (Å²) in [5.74, 6) is -0.496. The van der Waals surface area contributed by atoms with Gasteiger partial charge < -0.3 is 5.32 Å². The molecule has 0 fully saturated rings. The molecule has 0 aliphatic carbocycles. The number of nitrogens with zero attached hydrogens (tertiary/aromatic N) is 1. The Morgan fingerprint density at radius 2 is 1.74 bits per heavy atom. The number of carbonyl (C=O) groups is 1. The maximum absolute atomic E-state index is 13.2. The lowest BCUT2D eigenvalue weighted by atomic mass is 9.96. The van der Waals surface area contributed by atoms with Crippen LogP contribution in [-0.4, -0.2) is 16.1 Å². The number of halogens is 1. The lowest BCUT2D eigenvalue weighted by Crippen LogP contribution is -2.21. The largest absolute Gasteiger partial charge is 0.340 e. The zero-order chi connectivity index (χ0) is 16.0. The molecule has 0 radical (unpaired) electrons. The Morgan fingerprint density at radius 1 is 1.04 bits per heavy atom. The molecule has 1 atom stereocenters. The predicted molar refractivity (Wildman–Crippen MR) is 84.5 cm³/mol. The van der Waals surface area contributed by atoms with Gasteiger partial charge in [-0.05, 0) is 24.6 Å². The number of hydrogen-bond acceptors (Lipinski definition) is 2. The summed E-state index contributed by atoms with van der Waals surface area (Å²) in [6, 6.07) is 13.8. The second-order valence-electron chi connectivity index (χ2n) is 5.68. The molecule has 0 bridgehead atoms. The average Bonchev–Trinajstić information content (AvgIpc) is 3.11. The molecule has 0 spiro atoms. The standard InChI is InChI=1S/C18H14FN3O/c1-10-2-4-12(5-3-10)16-14-15(11-6-8-13(19)9-7-11)20-18(23)17(14)22-21-16/h2-9,15H,1H3,(H,20,23)(H,21,22)/t15-/m1/s1.